The molecular formula is C12H9BrN4O2. The van der Waals surface area contributed by atoms with Crippen molar-refractivity contribution < 1.29 is 9.59 Å². The SMILES string of the molecule is O=C1CCN(c2ccc(Br)c3cnncc23)C(=O)N1. The Bertz CT molecular complexity index is 688. The van der Waals surface area contributed by atoms with E-state index in [-0.39, 0.29) is 5.91 Å². The van der Waals surface area contributed by atoms with E-state index < -0.39 is 6.03 Å². The van der Waals surface area contributed by atoms with Crippen LogP contribution in [0.25, 0.3) is 10.8 Å². The maximum absolute atomic E-state index is 11.9. The second-order valence-corrected chi connectivity index (χ2v) is 4.99. The van der Waals surface area contributed by atoms with E-state index in [0.29, 0.717) is 13.0 Å². The van der Waals surface area contributed by atoms with Crippen molar-refractivity contribution in [2.45, 2.75) is 6.42 Å². The number of nitrogens with one attached hydrogen (secondary N) is 1. The summed E-state index contributed by atoms with van der Waals surface area (Å²) in [5, 5.41) is 11.7. The highest BCUT2D eigenvalue weighted by atomic mass is 79.9. The summed E-state index contributed by atoms with van der Waals surface area (Å²) in [5.41, 5.74) is 0.720. The van der Waals surface area contributed by atoms with Crippen molar-refractivity contribution in [3.05, 3.63) is 29.0 Å². The molecule has 0 atom stereocenters. The highest BCUT2D eigenvalue weighted by Crippen LogP contribution is 2.31. The van der Waals surface area contributed by atoms with Crippen LogP contribution in [-0.4, -0.2) is 28.7 Å². The number of urea groups is 1. The van der Waals surface area contributed by atoms with Crippen LogP contribution in [0, 0.1) is 0 Å². The van der Waals surface area contributed by atoms with Crippen molar-refractivity contribution in [2.24, 2.45) is 0 Å². The first kappa shape index (κ1) is 12.0. The topological polar surface area (TPSA) is 75.2 Å². The first-order chi connectivity index (χ1) is 9.16. The standard InChI is InChI=1S/C12H9BrN4O2/c13-9-1-2-10(8-6-15-14-5-7(8)9)17-4-3-11(18)16-12(17)19/h1-2,5-6H,3-4H2,(H,16,18,19). The Morgan fingerprint density at radius 1 is 1.16 bits per heavy atom. The molecule has 1 aromatic carbocycles. The van der Waals surface area contributed by atoms with Gasteiger partial charge in [-0.3, -0.25) is 15.0 Å². The molecule has 1 aromatic heterocycles. The molecule has 1 N–H and O–H groups in total. The molecule has 0 spiro atoms. The van der Waals surface area contributed by atoms with Gasteiger partial charge >= 0.3 is 6.03 Å². The predicted molar refractivity (Wildman–Crippen MR) is 72.7 cm³/mol. The van der Waals surface area contributed by atoms with E-state index >= 15 is 0 Å². The molecule has 0 radical (unpaired) electrons. The summed E-state index contributed by atoms with van der Waals surface area (Å²) in [6, 6.07) is 3.27. The van der Waals surface area contributed by atoms with Gasteiger partial charge in [-0.1, -0.05) is 15.9 Å². The number of imide groups is 1. The lowest BCUT2D eigenvalue weighted by Gasteiger charge is -2.27. The zero-order chi connectivity index (χ0) is 13.4. The molecule has 0 bridgehead atoms. The quantitative estimate of drug-likeness (QED) is 0.870. The van der Waals surface area contributed by atoms with E-state index in [1.54, 1.807) is 12.4 Å². The molecule has 19 heavy (non-hydrogen) atoms. The van der Waals surface area contributed by atoms with Crippen molar-refractivity contribution in [1.29, 1.82) is 0 Å². The Morgan fingerprint density at radius 2 is 1.89 bits per heavy atom. The molecule has 2 heterocycles. The number of hydrogen-bond acceptors (Lipinski definition) is 4. The number of nitrogens with zero attached hydrogens (tertiary/aromatic N) is 3. The van der Waals surface area contributed by atoms with Gasteiger partial charge in [0.05, 0.1) is 18.1 Å². The average Bonchev–Trinajstić information content (AvgIpc) is 2.41. The van der Waals surface area contributed by atoms with E-state index in [0.717, 1.165) is 20.9 Å². The van der Waals surface area contributed by atoms with E-state index in [2.05, 4.69) is 31.4 Å². The van der Waals surface area contributed by atoms with Gasteiger partial charge in [0, 0.05) is 28.2 Å². The minimum atomic E-state index is -0.406. The average molecular weight is 321 g/mol. The van der Waals surface area contributed by atoms with Crippen LogP contribution in [0.4, 0.5) is 10.5 Å². The molecule has 1 saturated heterocycles. The van der Waals surface area contributed by atoms with Gasteiger partial charge in [-0.2, -0.15) is 10.2 Å². The summed E-state index contributed by atoms with van der Waals surface area (Å²) in [4.78, 5) is 24.6. The fourth-order valence-electron chi connectivity index (χ4n) is 2.08. The lowest BCUT2D eigenvalue weighted by Crippen LogP contribution is -2.49. The number of fused-ring (bicyclic) bond motifs is 1. The van der Waals surface area contributed by atoms with Crippen LogP contribution in [0.15, 0.2) is 29.0 Å². The normalized spacial score (nSPS) is 15.7. The maximum atomic E-state index is 11.9. The van der Waals surface area contributed by atoms with Gasteiger partial charge in [0.25, 0.3) is 0 Å². The minimum absolute atomic E-state index is 0.248. The third-order valence-electron chi connectivity index (χ3n) is 3.00. The van der Waals surface area contributed by atoms with Crippen LogP contribution in [-0.2, 0) is 4.79 Å². The van der Waals surface area contributed by atoms with E-state index in [4.69, 9.17) is 0 Å². The third-order valence-corrected chi connectivity index (χ3v) is 3.69. The zero-order valence-corrected chi connectivity index (χ0v) is 11.3. The smallest absolute Gasteiger partial charge is 0.293 e. The van der Waals surface area contributed by atoms with E-state index in [9.17, 15) is 9.59 Å². The molecule has 96 valence electrons. The van der Waals surface area contributed by atoms with Crippen molar-refractivity contribution in [3.63, 3.8) is 0 Å². The number of carbonyl (C=O) groups excluding carboxylic acids is 2. The van der Waals surface area contributed by atoms with Gasteiger partial charge in [0.1, 0.15) is 0 Å². The maximum Gasteiger partial charge on any atom is 0.328 e. The summed E-state index contributed by atoms with van der Waals surface area (Å²) in [6.45, 7) is 0.365. The van der Waals surface area contributed by atoms with Crippen molar-refractivity contribution in [2.75, 3.05) is 11.4 Å². The van der Waals surface area contributed by atoms with Gasteiger partial charge in [0.15, 0.2) is 0 Å². The van der Waals surface area contributed by atoms with Crippen molar-refractivity contribution >= 4 is 44.3 Å². The van der Waals surface area contributed by atoms with Gasteiger partial charge in [-0.25, -0.2) is 4.79 Å². The van der Waals surface area contributed by atoms with Gasteiger partial charge in [-0.05, 0) is 12.1 Å². The summed E-state index contributed by atoms with van der Waals surface area (Å²) in [6.07, 6.45) is 3.54. The highest BCUT2D eigenvalue weighted by molar-refractivity contribution is 9.10. The molecule has 1 fully saturated rings. The number of benzene rings is 1. The van der Waals surface area contributed by atoms with Gasteiger partial charge < -0.3 is 0 Å². The van der Waals surface area contributed by atoms with Gasteiger partial charge in [0.2, 0.25) is 5.91 Å². The molecule has 1 aliphatic rings. The van der Waals surface area contributed by atoms with Crippen LogP contribution in [0.3, 0.4) is 0 Å². The van der Waals surface area contributed by atoms with Crippen LogP contribution in [0.2, 0.25) is 0 Å². The molecular weight excluding hydrogens is 312 g/mol. The largest absolute Gasteiger partial charge is 0.328 e. The molecule has 3 rings (SSSR count). The number of amides is 3. The zero-order valence-electron chi connectivity index (χ0n) is 9.76. The fraction of sp³-hybridized carbons (Fsp3) is 0.167. The summed E-state index contributed by atoms with van der Waals surface area (Å²) >= 11 is 3.44. The molecule has 0 saturated carbocycles. The van der Waals surface area contributed by atoms with Crippen LogP contribution in [0.1, 0.15) is 6.42 Å². The van der Waals surface area contributed by atoms with Crippen LogP contribution in [0.5, 0.6) is 0 Å². The Morgan fingerprint density at radius 3 is 2.63 bits per heavy atom. The second kappa shape index (κ2) is 4.58. The molecule has 6 nitrogen and oxygen atoms in total. The molecule has 3 amide bonds. The third kappa shape index (κ3) is 2.06. The van der Waals surface area contributed by atoms with E-state index in [1.165, 1.54) is 4.90 Å². The molecule has 2 aromatic rings. The van der Waals surface area contributed by atoms with Crippen LogP contribution >= 0.6 is 15.9 Å². The fourth-order valence-corrected chi connectivity index (χ4v) is 2.52. The first-order valence-corrected chi connectivity index (χ1v) is 6.46. The second-order valence-electron chi connectivity index (χ2n) is 4.14. The highest BCUT2D eigenvalue weighted by Gasteiger charge is 2.25. The number of halogens is 1. The molecule has 7 heteroatoms. The molecule has 0 aliphatic carbocycles. The summed E-state index contributed by atoms with van der Waals surface area (Å²) in [7, 11) is 0. The lowest BCUT2D eigenvalue weighted by atomic mass is 10.1. The monoisotopic (exact) mass is 320 g/mol. The van der Waals surface area contributed by atoms with Gasteiger partial charge in [-0.15, -0.1) is 0 Å². The number of rotatable bonds is 1. The first-order valence-electron chi connectivity index (χ1n) is 5.67. The number of anilines is 1. The van der Waals surface area contributed by atoms with Crippen molar-refractivity contribution in [1.82, 2.24) is 15.5 Å². The number of carbonyl (C=O) groups is 2. The Balaban J connectivity index is 2.13. The predicted octanol–water partition coefficient (Wildman–Crippen LogP) is 1.84. The Kier molecular flexibility index (Phi) is 2.90. The van der Waals surface area contributed by atoms with Crippen LogP contribution < -0.4 is 10.2 Å². The molecule has 1 aliphatic heterocycles. The lowest BCUT2D eigenvalue weighted by molar-refractivity contribution is -0.120. The minimum Gasteiger partial charge on any atom is -0.293 e. The van der Waals surface area contributed by atoms with Crippen molar-refractivity contribution in [3.8, 4) is 0 Å². The Hall–Kier alpha value is -2.02. The molecule has 0 unspecified atom stereocenters. The number of aromatic nitrogens is 2. The van der Waals surface area contributed by atoms with E-state index in [1.807, 2.05) is 12.1 Å². The Labute approximate surface area is 116 Å². The number of hydrogen-bond donors (Lipinski definition) is 1. The summed E-state index contributed by atoms with van der Waals surface area (Å²) in [5.74, 6) is -0.248. The summed E-state index contributed by atoms with van der Waals surface area (Å²) < 4.78 is 0.884.